The van der Waals surface area contributed by atoms with E-state index < -0.39 is 24.5 Å². The molecule has 0 aromatic rings. The van der Waals surface area contributed by atoms with E-state index in [0.29, 0.717) is 0 Å². The molecule has 0 fully saturated rings. The fourth-order valence-electron chi connectivity index (χ4n) is 0.107. The van der Waals surface area contributed by atoms with Crippen molar-refractivity contribution in [2.24, 2.45) is 0 Å². The van der Waals surface area contributed by atoms with Crippen molar-refractivity contribution in [3.05, 3.63) is 0 Å². The fraction of sp³-hybridized carbons (Fsp3) is 0.167. The van der Waals surface area contributed by atoms with Crippen LogP contribution in [0.1, 0.15) is 0 Å². The van der Waals surface area contributed by atoms with E-state index in [4.69, 9.17) is 25.2 Å². The summed E-state index contributed by atoms with van der Waals surface area (Å²) in [6, 6.07) is 0. The minimum absolute atomic E-state index is 0.778. The average Bonchev–Trinajstić information content (AvgIpc) is 2.02. The second-order valence-electron chi connectivity index (χ2n) is 1.41. The zero-order valence-corrected chi connectivity index (χ0v) is 6.22. The van der Waals surface area contributed by atoms with Gasteiger partial charge in [-0.3, -0.25) is 0 Å². The number of hydrogen-bond donors (Lipinski definition) is 4. The summed E-state index contributed by atoms with van der Waals surface area (Å²) < 4.78 is 0. The van der Waals surface area contributed by atoms with Crippen LogP contribution >= 0.6 is 0 Å². The Bertz CT molecular complexity index is 238. The van der Waals surface area contributed by atoms with Gasteiger partial charge in [-0.25, -0.2) is 14.4 Å². The third kappa shape index (κ3) is 25.7. The molecule has 7 heteroatoms. The van der Waals surface area contributed by atoms with E-state index >= 15 is 0 Å². The number of carboxylic acid groups (broad SMARTS) is 3. The molecule has 0 saturated heterocycles. The molecule has 0 aliphatic rings. The maximum absolute atomic E-state index is 9.47. The Balaban J connectivity index is 0. The highest BCUT2D eigenvalue weighted by molar-refractivity contribution is 5.96. The van der Waals surface area contributed by atoms with Gasteiger partial charge in [0.25, 0.3) is 0 Å². The highest BCUT2D eigenvalue weighted by atomic mass is 16.4. The maximum Gasteiger partial charge on any atom is 0.382 e. The zero-order chi connectivity index (χ0) is 10.9. The lowest BCUT2D eigenvalue weighted by atomic mass is 10.6. The van der Waals surface area contributed by atoms with Gasteiger partial charge in [-0.2, -0.15) is 0 Å². The molecule has 0 rings (SSSR count). The minimum atomic E-state index is -1.44. The van der Waals surface area contributed by atoms with Crippen LogP contribution < -0.4 is 0 Å². The molecule has 0 unspecified atom stereocenters. The molecule has 0 heterocycles. The molecule has 0 bridgehead atoms. The number of carboxylic acids is 3. The van der Waals surface area contributed by atoms with Crippen LogP contribution in [0.25, 0.3) is 0 Å². The third-order valence-corrected chi connectivity index (χ3v) is 0.412. The summed E-state index contributed by atoms with van der Waals surface area (Å²) in [4.78, 5) is 28.1. The molecule has 0 aliphatic carbocycles. The summed E-state index contributed by atoms with van der Waals surface area (Å²) in [7, 11) is 0. The Kier molecular flexibility index (Phi) is 8.35. The fourth-order valence-corrected chi connectivity index (χ4v) is 0.107. The summed E-state index contributed by atoms with van der Waals surface area (Å²) in [6.07, 6.45) is 0. The third-order valence-electron chi connectivity index (χ3n) is 0.412. The van der Waals surface area contributed by atoms with E-state index in [9.17, 15) is 9.59 Å². The van der Waals surface area contributed by atoms with Crippen molar-refractivity contribution in [2.45, 2.75) is 0 Å². The number of aliphatic hydroxyl groups is 1. The molecule has 72 valence electrons. The van der Waals surface area contributed by atoms with Gasteiger partial charge in [-0.15, -0.1) is 0 Å². The lowest BCUT2D eigenvalue weighted by molar-refractivity contribution is -0.140. The zero-order valence-electron chi connectivity index (χ0n) is 6.22. The van der Waals surface area contributed by atoms with E-state index in [1.54, 1.807) is 0 Å². The smallest absolute Gasteiger partial charge is 0.382 e. The molecular formula is C6H6O7. The lowest BCUT2D eigenvalue weighted by Gasteiger charge is -1.72. The van der Waals surface area contributed by atoms with Gasteiger partial charge < -0.3 is 20.4 Å². The van der Waals surface area contributed by atoms with Crippen LogP contribution in [0.15, 0.2) is 0 Å². The first-order valence-electron chi connectivity index (χ1n) is 2.70. The van der Waals surface area contributed by atoms with Crippen LogP contribution in [0.2, 0.25) is 0 Å². The quantitative estimate of drug-likeness (QED) is 0.359. The molecule has 0 radical (unpaired) electrons. The first-order chi connectivity index (χ1) is 5.90. The van der Waals surface area contributed by atoms with E-state index in [1.807, 2.05) is 0 Å². The van der Waals surface area contributed by atoms with E-state index in [2.05, 4.69) is 0 Å². The number of carbonyl (C=O) groups is 3. The highest BCUT2D eigenvalue weighted by Gasteiger charge is 1.86. The molecule has 0 atom stereocenters. The summed E-state index contributed by atoms with van der Waals surface area (Å²) >= 11 is 0. The normalized spacial score (nSPS) is 6.85. The summed E-state index contributed by atoms with van der Waals surface area (Å²) in [6.45, 7) is -0.778. The van der Waals surface area contributed by atoms with Crippen molar-refractivity contribution in [2.75, 3.05) is 6.61 Å². The predicted octanol–water partition coefficient (Wildman–Crippen LogP) is -1.78. The summed E-state index contributed by atoms with van der Waals surface area (Å²) in [5.74, 6) is -1.24. The standard InChI is InChI=1S/C4H2O4.C2H4O3/c5-3(6)1-2-4(7)8;3-1-2(4)5/h(H,5,6)(H,7,8);3H,1H2,(H,4,5). The predicted molar refractivity (Wildman–Crippen MR) is 37.8 cm³/mol. The number of rotatable bonds is 1. The van der Waals surface area contributed by atoms with Gasteiger partial charge in [-0.1, -0.05) is 0 Å². The van der Waals surface area contributed by atoms with Crippen molar-refractivity contribution in [1.29, 1.82) is 0 Å². The molecule has 0 amide bonds. The molecule has 0 aromatic carbocycles. The van der Waals surface area contributed by atoms with Gasteiger partial charge >= 0.3 is 17.9 Å². The second kappa shape index (κ2) is 8.03. The van der Waals surface area contributed by atoms with Crippen molar-refractivity contribution in [3.8, 4) is 11.8 Å². The SMILES string of the molecule is O=C(O)C#CC(=O)O.O=C(O)CO. The first-order valence-corrected chi connectivity index (χ1v) is 2.70. The Morgan fingerprint density at radius 1 is 0.923 bits per heavy atom. The first kappa shape index (κ1) is 13.5. The van der Waals surface area contributed by atoms with Gasteiger partial charge in [0.05, 0.1) is 0 Å². The summed E-state index contributed by atoms with van der Waals surface area (Å²) in [5.41, 5.74) is 0. The van der Waals surface area contributed by atoms with Crippen molar-refractivity contribution in [3.63, 3.8) is 0 Å². The second-order valence-corrected chi connectivity index (χ2v) is 1.41. The molecule has 13 heavy (non-hydrogen) atoms. The van der Waals surface area contributed by atoms with Gasteiger partial charge in [-0.05, 0) is 0 Å². The Hall–Kier alpha value is -2.07. The number of aliphatic hydroxyl groups excluding tert-OH is 1. The van der Waals surface area contributed by atoms with Gasteiger partial charge in [0.2, 0.25) is 0 Å². The molecule has 0 aromatic heterocycles. The molecule has 4 N–H and O–H groups in total. The van der Waals surface area contributed by atoms with Crippen LogP contribution in [0.3, 0.4) is 0 Å². The molecule has 7 nitrogen and oxygen atoms in total. The van der Waals surface area contributed by atoms with Crippen molar-refractivity contribution >= 4 is 17.9 Å². The lowest BCUT2D eigenvalue weighted by Crippen LogP contribution is -1.98. The molecule has 0 saturated carbocycles. The van der Waals surface area contributed by atoms with Gasteiger partial charge in [0, 0.05) is 11.8 Å². The molecular weight excluding hydrogens is 184 g/mol. The average molecular weight is 190 g/mol. The Morgan fingerprint density at radius 2 is 1.15 bits per heavy atom. The van der Waals surface area contributed by atoms with Crippen LogP contribution in [0.4, 0.5) is 0 Å². The van der Waals surface area contributed by atoms with Crippen LogP contribution in [-0.2, 0) is 14.4 Å². The highest BCUT2D eigenvalue weighted by Crippen LogP contribution is 1.57. The Labute approximate surface area is 72.2 Å². The van der Waals surface area contributed by atoms with E-state index in [0.717, 1.165) is 0 Å². The monoisotopic (exact) mass is 190 g/mol. The Morgan fingerprint density at radius 3 is 1.23 bits per heavy atom. The van der Waals surface area contributed by atoms with Crippen LogP contribution in [0.5, 0.6) is 0 Å². The topological polar surface area (TPSA) is 132 Å². The van der Waals surface area contributed by atoms with Crippen molar-refractivity contribution in [1.82, 2.24) is 0 Å². The molecule has 0 aliphatic heterocycles. The maximum atomic E-state index is 9.47. The largest absolute Gasteiger partial charge is 0.480 e. The van der Waals surface area contributed by atoms with E-state index in [1.165, 1.54) is 11.8 Å². The van der Waals surface area contributed by atoms with Gasteiger partial charge in [0.1, 0.15) is 6.61 Å². The van der Waals surface area contributed by atoms with Crippen molar-refractivity contribution < 1.29 is 34.8 Å². The van der Waals surface area contributed by atoms with E-state index in [-0.39, 0.29) is 0 Å². The minimum Gasteiger partial charge on any atom is -0.480 e. The number of aliphatic carboxylic acids is 3. The van der Waals surface area contributed by atoms with Gasteiger partial charge in [0.15, 0.2) is 0 Å². The van der Waals surface area contributed by atoms with Crippen LogP contribution in [0, 0.1) is 11.8 Å². The number of hydrogen-bond acceptors (Lipinski definition) is 4. The summed E-state index contributed by atoms with van der Waals surface area (Å²) in [5, 5.41) is 30.5. The van der Waals surface area contributed by atoms with Crippen LogP contribution in [-0.4, -0.2) is 44.9 Å². The molecule has 0 spiro atoms.